The number of nitrogens with zero attached hydrogens (tertiary/aromatic N) is 1. The van der Waals surface area contributed by atoms with Gasteiger partial charge in [0.2, 0.25) is 0 Å². The van der Waals surface area contributed by atoms with Crippen LogP contribution in [0.4, 0.5) is 0 Å². The van der Waals surface area contributed by atoms with E-state index in [1.807, 2.05) is 0 Å². The molecule has 0 radical (unpaired) electrons. The molecule has 13 heavy (non-hydrogen) atoms. The molecule has 0 aromatic heterocycles. The molecule has 3 heteroatoms. The molecular weight excluding hydrogens is 182 g/mol. The summed E-state index contributed by atoms with van der Waals surface area (Å²) in [6.07, 6.45) is 0. The minimum absolute atomic E-state index is 0.0573. The van der Waals surface area contributed by atoms with E-state index in [2.05, 4.69) is 37.4 Å². The zero-order valence-electron chi connectivity index (χ0n) is 8.92. The van der Waals surface area contributed by atoms with Crippen molar-refractivity contribution < 1.29 is 5.11 Å². The molecule has 1 heterocycles. The van der Waals surface area contributed by atoms with Crippen molar-refractivity contribution in [2.24, 2.45) is 5.41 Å². The van der Waals surface area contributed by atoms with Gasteiger partial charge in [-0.2, -0.15) is 11.8 Å². The van der Waals surface area contributed by atoms with Gasteiger partial charge in [0.25, 0.3) is 0 Å². The zero-order valence-corrected chi connectivity index (χ0v) is 9.73. The van der Waals surface area contributed by atoms with E-state index >= 15 is 0 Å². The van der Waals surface area contributed by atoms with Crippen LogP contribution in [-0.2, 0) is 0 Å². The molecule has 1 fully saturated rings. The fourth-order valence-electron chi connectivity index (χ4n) is 1.69. The molecule has 2 nitrogen and oxygen atoms in total. The third-order valence-electron chi connectivity index (χ3n) is 2.40. The molecule has 0 aromatic carbocycles. The Bertz CT molecular complexity index is 161. The highest BCUT2D eigenvalue weighted by Crippen LogP contribution is 2.22. The van der Waals surface area contributed by atoms with Crippen LogP contribution in [0.3, 0.4) is 0 Å². The first-order chi connectivity index (χ1) is 6.03. The minimum Gasteiger partial charge on any atom is -0.396 e. The predicted octanol–water partition coefficient (Wildman–Crippen LogP) is 1.44. The summed E-state index contributed by atoms with van der Waals surface area (Å²) >= 11 is 2.05. The Kier molecular flexibility index (Phi) is 4.07. The first kappa shape index (κ1) is 11.3. The number of hydrogen-bond acceptors (Lipinski definition) is 3. The molecule has 1 aliphatic heterocycles. The van der Waals surface area contributed by atoms with Crippen molar-refractivity contribution in [3.8, 4) is 0 Å². The lowest BCUT2D eigenvalue weighted by Crippen LogP contribution is -2.43. The van der Waals surface area contributed by atoms with E-state index in [4.69, 9.17) is 5.11 Å². The lowest BCUT2D eigenvalue weighted by Gasteiger charge is -2.35. The highest BCUT2D eigenvalue weighted by Gasteiger charge is 2.24. The summed E-state index contributed by atoms with van der Waals surface area (Å²) in [7, 11) is 0. The molecule has 1 N–H and O–H groups in total. The predicted molar refractivity (Wildman–Crippen MR) is 59.2 cm³/mol. The van der Waals surface area contributed by atoms with Gasteiger partial charge in [0.05, 0.1) is 0 Å². The number of aliphatic hydroxyl groups is 1. The Labute approximate surface area is 85.7 Å². The van der Waals surface area contributed by atoms with Crippen molar-refractivity contribution in [1.82, 2.24) is 4.90 Å². The van der Waals surface area contributed by atoms with E-state index in [1.165, 1.54) is 18.8 Å². The van der Waals surface area contributed by atoms with Crippen molar-refractivity contribution in [3.05, 3.63) is 0 Å². The standard InChI is InChI=1S/C10H21NOS/c1-9-6-11(4-5-13-9)7-10(2,3)8-12/h9,12H,4-8H2,1-3H3. The van der Waals surface area contributed by atoms with Crippen LogP contribution in [0.5, 0.6) is 0 Å². The maximum atomic E-state index is 9.16. The summed E-state index contributed by atoms with van der Waals surface area (Å²) in [4.78, 5) is 2.47. The molecule has 0 amide bonds. The van der Waals surface area contributed by atoms with Crippen LogP contribution in [0, 0.1) is 5.41 Å². The Balaban J connectivity index is 2.35. The number of hydrogen-bond donors (Lipinski definition) is 1. The molecule has 78 valence electrons. The van der Waals surface area contributed by atoms with Crippen LogP contribution in [0.25, 0.3) is 0 Å². The van der Waals surface area contributed by atoms with Crippen LogP contribution in [0.1, 0.15) is 20.8 Å². The van der Waals surface area contributed by atoms with Gasteiger partial charge in [0, 0.05) is 42.7 Å². The summed E-state index contributed by atoms with van der Waals surface area (Å²) < 4.78 is 0. The van der Waals surface area contributed by atoms with Gasteiger partial charge in [-0.15, -0.1) is 0 Å². The van der Waals surface area contributed by atoms with E-state index < -0.39 is 0 Å². The molecular formula is C10H21NOS. The third-order valence-corrected chi connectivity index (χ3v) is 3.54. The summed E-state index contributed by atoms with van der Waals surface area (Å²) in [5.74, 6) is 1.24. The molecule has 0 aromatic rings. The zero-order chi connectivity index (χ0) is 9.90. The Morgan fingerprint density at radius 2 is 2.23 bits per heavy atom. The van der Waals surface area contributed by atoms with E-state index in [1.54, 1.807) is 0 Å². The van der Waals surface area contributed by atoms with Crippen LogP contribution in [0.15, 0.2) is 0 Å². The monoisotopic (exact) mass is 203 g/mol. The first-order valence-electron chi connectivity index (χ1n) is 4.98. The smallest absolute Gasteiger partial charge is 0.0494 e. The summed E-state index contributed by atoms with van der Waals surface area (Å²) in [5, 5.41) is 9.91. The van der Waals surface area contributed by atoms with Crippen molar-refractivity contribution in [1.29, 1.82) is 0 Å². The van der Waals surface area contributed by atoms with E-state index in [0.717, 1.165) is 11.8 Å². The second-order valence-electron chi connectivity index (χ2n) is 4.74. The Morgan fingerprint density at radius 3 is 2.77 bits per heavy atom. The fraction of sp³-hybridized carbons (Fsp3) is 1.00. The van der Waals surface area contributed by atoms with Gasteiger partial charge in [0.1, 0.15) is 0 Å². The summed E-state index contributed by atoms with van der Waals surface area (Å²) in [5.41, 5.74) is 0.0573. The highest BCUT2D eigenvalue weighted by molar-refractivity contribution is 7.99. The van der Waals surface area contributed by atoms with Gasteiger partial charge >= 0.3 is 0 Å². The fourth-order valence-corrected chi connectivity index (χ4v) is 2.77. The average Bonchev–Trinajstić information content (AvgIpc) is 2.03. The molecule has 0 bridgehead atoms. The molecule has 0 aliphatic carbocycles. The van der Waals surface area contributed by atoms with Crippen LogP contribution >= 0.6 is 11.8 Å². The Morgan fingerprint density at radius 1 is 1.54 bits per heavy atom. The topological polar surface area (TPSA) is 23.5 Å². The SMILES string of the molecule is CC1CN(CC(C)(C)CO)CCS1. The minimum atomic E-state index is 0.0573. The van der Waals surface area contributed by atoms with Gasteiger partial charge in [-0.3, -0.25) is 0 Å². The second-order valence-corrected chi connectivity index (χ2v) is 6.29. The van der Waals surface area contributed by atoms with Crippen molar-refractivity contribution >= 4 is 11.8 Å². The van der Waals surface area contributed by atoms with Crippen LogP contribution in [-0.4, -0.2) is 47.3 Å². The van der Waals surface area contributed by atoms with E-state index in [0.29, 0.717) is 0 Å². The first-order valence-corrected chi connectivity index (χ1v) is 6.03. The van der Waals surface area contributed by atoms with Gasteiger partial charge < -0.3 is 10.0 Å². The number of aliphatic hydroxyl groups excluding tert-OH is 1. The van der Waals surface area contributed by atoms with Crippen molar-refractivity contribution in [2.45, 2.75) is 26.0 Å². The molecule has 0 spiro atoms. The maximum absolute atomic E-state index is 9.16. The number of thioether (sulfide) groups is 1. The Hall–Kier alpha value is 0.270. The van der Waals surface area contributed by atoms with E-state index in [-0.39, 0.29) is 12.0 Å². The second kappa shape index (κ2) is 4.67. The number of rotatable bonds is 3. The average molecular weight is 203 g/mol. The lowest BCUT2D eigenvalue weighted by molar-refractivity contribution is 0.105. The van der Waals surface area contributed by atoms with Crippen molar-refractivity contribution in [2.75, 3.05) is 32.0 Å². The van der Waals surface area contributed by atoms with Gasteiger partial charge in [-0.25, -0.2) is 0 Å². The van der Waals surface area contributed by atoms with Gasteiger partial charge in [-0.1, -0.05) is 20.8 Å². The van der Waals surface area contributed by atoms with Gasteiger partial charge in [0.15, 0.2) is 0 Å². The lowest BCUT2D eigenvalue weighted by atomic mass is 9.94. The quantitative estimate of drug-likeness (QED) is 0.751. The largest absolute Gasteiger partial charge is 0.396 e. The molecule has 1 rings (SSSR count). The van der Waals surface area contributed by atoms with Crippen LogP contribution in [0.2, 0.25) is 0 Å². The molecule has 1 unspecified atom stereocenters. The molecule has 0 saturated carbocycles. The van der Waals surface area contributed by atoms with E-state index in [9.17, 15) is 0 Å². The summed E-state index contributed by atoms with van der Waals surface area (Å²) in [6, 6.07) is 0. The summed E-state index contributed by atoms with van der Waals surface area (Å²) in [6.45, 7) is 10.2. The molecule has 1 saturated heterocycles. The van der Waals surface area contributed by atoms with Gasteiger partial charge in [-0.05, 0) is 0 Å². The molecule has 1 atom stereocenters. The normalized spacial score (nSPS) is 26.3. The third kappa shape index (κ3) is 3.88. The molecule has 1 aliphatic rings. The highest BCUT2D eigenvalue weighted by atomic mass is 32.2. The maximum Gasteiger partial charge on any atom is 0.0494 e. The van der Waals surface area contributed by atoms with Crippen molar-refractivity contribution in [3.63, 3.8) is 0 Å². The van der Waals surface area contributed by atoms with Crippen LogP contribution < -0.4 is 0 Å².